The van der Waals surface area contributed by atoms with Crippen LogP contribution in [0.4, 0.5) is 4.39 Å². The summed E-state index contributed by atoms with van der Waals surface area (Å²) >= 11 is 0. The number of aromatic nitrogens is 2. The summed E-state index contributed by atoms with van der Waals surface area (Å²) in [5.74, 6) is -1.71. The molecule has 0 saturated carbocycles. The topological polar surface area (TPSA) is 81.1 Å². The maximum Gasteiger partial charge on any atom is 0.315 e. The Morgan fingerprint density at radius 1 is 1.50 bits per heavy atom. The van der Waals surface area contributed by atoms with Crippen LogP contribution in [-0.2, 0) is 23.7 Å². The Hall–Kier alpha value is -2.21. The summed E-state index contributed by atoms with van der Waals surface area (Å²) in [6.07, 6.45) is 3.36. The lowest BCUT2D eigenvalue weighted by Crippen LogP contribution is -2.45. The normalized spacial score (nSPS) is 13.9. The number of benzene rings is 1. The summed E-state index contributed by atoms with van der Waals surface area (Å²) in [7, 11) is 1.73. The Labute approximate surface area is 115 Å². The minimum absolute atomic E-state index is 0.0909. The highest BCUT2D eigenvalue weighted by atomic mass is 19.1. The molecule has 0 amide bonds. The Morgan fingerprint density at radius 2 is 2.20 bits per heavy atom. The summed E-state index contributed by atoms with van der Waals surface area (Å²) in [6, 6.07) is 5.83. The molecule has 1 atom stereocenters. The van der Waals surface area contributed by atoms with Crippen molar-refractivity contribution in [3.05, 3.63) is 53.6 Å². The van der Waals surface area contributed by atoms with Crippen LogP contribution in [0.3, 0.4) is 0 Å². The van der Waals surface area contributed by atoms with Gasteiger partial charge in [0.1, 0.15) is 11.2 Å². The van der Waals surface area contributed by atoms with Crippen LogP contribution in [0.15, 0.2) is 36.7 Å². The fraction of sp³-hybridized carbons (Fsp3) is 0.286. The molecule has 1 aromatic carbocycles. The number of carboxylic acids is 1. The van der Waals surface area contributed by atoms with Crippen LogP contribution in [0.1, 0.15) is 11.1 Å². The predicted octanol–water partition coefficient (Wildman–Crippen LogP) is 1.08. The SMILES string of the molecule is Cn1cc(CC(CN)(C(=O)O)c2ccccc2F)cn1. The van der Waals surface area contributed by atoms with Crippen molar-refractivity contribution in [1.82, 2.24) is 9.78 Å². The highest BCUT2D eigenvalue weighted by Crippen LogP contribution is 2.30. The first kappa shape index (κ1) is 14.2. The second-order valence-electron chi connectivity index (χ2n) is 4.77. The third kappa shape index (κ3) is 2.42. The van der Waals surface area contributed by atoms with Crippen molar-refractivity contribution < 1.29 is 14.3 Å². The molecule has 0 aliphatic rings. The van der Waals surface area contributed by atoms with Gasteiger partial charge in [-0.3, -0.25) is 9.48 Å². The van der Waals surface area contributed by atoms with Gasteiger partial charge in [-0.05, 0) is 18.1 Å². The first-order valence-corrected chi connectivity index (χ1v) is 6.15. The van der Waals surface area contributed by atoms with Gasteiger partial charge in [-0.2, -0.15) is 5.10 Å². The molecule has 5 nitrogen and oxygen atoms in total. The van der Waals surface area contributed by atoms with Crippen LogP contribution in [0.2, 0.25) is 0 Å². The number of carbonyl (C=O) groups is 1. The quantitative estimate of drug-likeness (QED) is 0.857. The predicted molar refractivity (Wildman–Crippen MR) is 71.7 cm³/mol. The molecule has 0 spiro atoms. The lowest BCUT2D eigenvalue weighted by Gasteiger charge is -2.28. The number of hydrogen-bond acceptors (Lipinski definition) is 3. The monoisotopic (exact) mass is 277 g/mol. The third-order valence-electron chi connectivity index (χ3n) is 3.41. The van der Waals surface area contributed by atoms with E-state index in [4.69, 9.17) is 5.73 Å². The van der Waals surface area contributed by atoms with Gasteiger partial charge in [-0.1, -0.05) is 18.2 Å². The molecule has 106 valence electrons. The lowest BCUT2D eigenvalue weighted by molar-refractivity contribution is -0.143. The molecule has 0 bridgehead atoms. The van der Waals surface area contributed by atoms with E-state index in [2.05, 4.69) is 5.10 Å². The number of aliphatic carboxylic acids is 1. The van der Waals surface area contributed by atoms with Crippen LogP contribution in [-0.4, -0.2) is 27.4 Å². The summed E-state index contributed by atoms with van der Waals surface area (Å²) in [6.45, 7) is -0.196. The first-order chi connectivity index (χ1) is 9.49. The number of hydrogen-bond donors (Lipinski definition) is 2. The standard InChI is InChI=1S/C14H16FN3O2/c1-18-8-10(7-17-18)6-14(9-16,13(19)20)11-4-2-3-5-12(11)15/h2-5,7-8H,6,9,16H2,1H3,(H,19,20). The van der Waals surface area contributed by atoms with Gasteiger partial charge in [-0.25, -0.2) is 4.39 Å². The van der Waals surface area contributed by atoms with Gasteiger partial charge in [0.05, 0.1) is 6.20 Å². The molecule has 2 rings (SSSR count). The van der Waals surface area contributed by atoms with Crippen LogP contribution in [0, 0.1) is 5.82 Å². The molecule has 1 aromatic heterocycles. The van der Waals surface area contributed by atoms with E-state index in [0.29, 0.717) is 5.56 Å². The first-order valence-electron chi connectivity index (χ1n) is 6.15. The van der Waals surface area contributed by atoms with Crippen molar-refractivity contribution in [3.8, 4) is 0 Å². The molecule has 20 heavy (non-hydrogen) atoms. The maximum absolute atomic E-state index is 14.0. The summed E-state index contributed by atoms with van der Waals surface area (Å²) < 4.78 is 15.6. The Balaban J connectivity index is 2.51. The van der Waals surface area contributed by atoms with E-state index in [-0.39, 0.29) is 18.5 Å². The van der Waals surface area contributed by atoms with E-state index in [0.717, 1.165) is 0 Å². The summed E-state index contributed by atoms with van der Waals surface area (Å²) in [5.41, 5.74) is 4.99. The van der Waals surface area contributed by atoms with E-state index in [9.17, 15) is 14.3 Å². The average molecular weight is 277 g/mol. The highest BCUT2D eigenvalue weighted by Gasteiger charge is 2.41. The number of nitrogens with zero attached hydrogens (tertiary/aromatic N) is 2. The van der Waals surface area contributed by atoms with Gasteiger partial charge in [0.2, 0.25) is 0 Å². The minimum Gasteiger partial charge on any atom is -0.481 e. The molecule has 0 aliphatic heterocycles. The largest absolute Gasteiger partial charge is 0.481 e. The second-order valence-corrected chi connectivity index (χ2v) is 4.77. The van der Waals surface area contributed by atoms with Crippen molar-refractivity contribution in [3.63, 3.8) is 0 Å². The van der Waals surface area contributed by atoms with Gasteiger partial charge in [0, 0.05) is 25.4 Å². The Kier molecular flexibility index (Phi) is 3.85. The Bertz CT molecular complexity index is 626. The van der Waals surface area contributed by atoms with E-state index in [1.807, 2.05) is 0 Å². The van der Waals surface area contributed by atoms with Crippen LogP contribution in [0.5, 0.6) is 0 Å². The zero-order chi connectivity index (χ0) is 14.8. The highest BCUT2D eigenvalue weighted by molar-refractivity contribution is 5.82. The van der Waals surface area contributed by atoms with Gasteiger partial charge >= 0.3 is 5.97 Å². The smallest absolute Gasteiger partial charge is 0.315 e. The molecule has 6 heteroatoms. The number of halogens is 1. The van der Waals surface area contributed by atoms with E-state index >= 15 is 0 Å². The van der Waals surface area contributed by atoms with Gasteiger partial charge in [0.25, 0.3) is 0 Å². The van der Waals surface area contributed by atoms with Crippen LogP contribution < -0.4 is 5.73 Å². The minimum atomic E-state index is -1.49. The van der Waals surface area contributed by atoms with Gasteiger partial charge < -0.3 is 10.8 Å². The van der Waals surface area contributed by atoms with Gasteiger partial charge in [-0.15, -0.1) is 0 Å². The van der Waals surface area contributed by atoms with Gasteiger partial charge in [0.15, 0.2) is 0 Å². The third-order valence-corrected chi connectivity index (χ3v) is 3.41. The molecule has 0 radical (unpaired) electrons. The van der Waals surface area contributed by atoms with Crippen LogP contribution >= 0.6 is 0 Å². The summed E-state index contributed by atoms with van der Waals surface area (Å²) in [4.78, 5) is 11.7. The zero-order valence-corrected chi connectivity index (χ0v) is 11.1. The zero-order valence-electron chi connectivity index (χ0n) is 11.1. The van der Waals surface area contributed by atoms with Crippen LogP contribution in [0.25, 0.3) is 0 Å². The maximum atomic E-state index is 14.0. The number of nitrogens with two attached hydrogens (primary N) is 1. The van der Waals surface area contributed by atoms with Crippen molar-refractivity contribution in [2.75, 3.05) is 6.54 Å². The second kappa shape index (κ2) is 5.42. The molecule has 1 unspecified atom stereocenters. The summed E-state index contributed by atoms with van der Waals surface area (Å²) in [5, 5.41) is 13.6. The molecule has 0 fully saturated rings. The van der Waals surface area contributed by atoms with E-state index in [1.54, 1.807) is 30.2 Å². The molecular weight excluding hydrogens is 261 g/mol. The molecule has 1 heterocycles. The van der Waals surface area contributed by atoms with Crippen molar-refractivity contribution in [1.29, 1.82) is 0 Å². The number of aryl methyl sites for hydroxylation is 1. The van der Waals surface area contributed by atoms with Crippen molar-refractivity contribution in [2.24, 2.45) is 12.8 Å². The number of rotatable bonds is 5. The van der Waals surface area contributed by atoms with Crippen molar-refractivity contribution >= 4 is 5.97 Å². The Morgan fingerprint density at radius 3 is 2.70 bits per heavy atom. The number of carboxylic acid groups (broad SMARTS) is 1. The van der Waals surface area contributed by atoms with E-state index in [1.165, 1.54) is 18.2 Å². The van der Waals surface area contributed by atoms with E-state index < -0.39 is 17.2 Å². The molecule has 0 saturated heterocycles. The lowest BCUT2D eigenvalue weighted by atomic mass is 9.75. The fourth-order valence-electron chi connectivity index (χ4n) is 2.32. The molecule has 2 aromatic rings. The molecule has 0 aliphatic carbocycles. The molecular formula is C14H16FN3O2. The fourth-order valence-corrected chi connectivity index (χ4v) is 2.32. The average Bonchev–Trinajstić information content (AvgIpc) is 2.82. The van der Waals surface area contributed by atoms with Crippen molar-refractivity contribution in [2.45, 2.75) is 11.8 Å². The molecule has 3 N–H and O–H groups in total.